The van der Waals surface area contributed by atoms with Gasteiger partial charge < -0.3 is 10.7 Å². The predicted molar refractivity (Wildman–Crippen MR) is 60.4 cm³/mol. The number of anilines is 1. The van der Waals surface area contributed by atoms with Gasteiger partial charge in [0.2, 0.25) is 0 Å². The highest BCUT2D eigenvalue weighted by Crippen LogP contribution is 2.45. The van der Waals surface area contributed by atoms with Crippen molar-refractivity contribution >= 4 is 5.69 Å². The van der Waals surface area contributed by atoms with Crippen molar-refractivity contribution < 1.29 is 0 Å². The lowest BCUT2D eigenvalue weighted by atomic mass is 10.0. The zero-order valence-corrected chi connectivity index (χ0v) is 8.40. The fraction of sp³-hybridized carbons (Fsp3) is 0.250. The highest BCUT2D eigenvalue weighted by molar-refractivity contribution is 5.79. The molecule has 0 aliphatic heterocycles. The number of rotatable bonds is 2. The van der Waals surface area contributed by atoms with Crippen LogP contribution in [0, 0.1) is 0 Å². The molecule has 2 heterocycles. The summed E-state index contributed by atoms with van der Waals surface area (Å²) in [6.45, 7) is 0. The second kappa shape index (κ2) is 3.12. The molecule has 3 N–H and O–H groups in total. The Bertz CT molecular complexity index is 469. The van der Waals surface area contributed by atoms with Crippen molar-refractivity contribution in [3.05, 3.63) is 36.4 Å². The van der Waals surface area contributed by atoms with Gasteiger partial charge in [0, 0.05) is 35.4 Å². The number of hydrogen-bond donors (Lipinski definition) is 2. The molecule has 0 radical (unpaired) electrons. The Labute approximate surface area is 88.3 Å². The van der Waals surface area contributed by atoms with E-state index in [-0.39, 0.29) is 0 Å². The maximum atomic E-state index is 5.98. The smallest absolute Gasteiger partial charge is 0.0575 e. The average molecular weight is 199 g/mol. The number of H-pyrrole nitrogens is 1. The molecule has 0 bridgehead atoms. The van der Waals surface area contributed by atoms with E-state index in [1.54, 1.807) is 6.20 Å². The molecule has 3 nitrogen and oxygen atoms in total. The van der Waals surface area contributed by atoms with Crippen molar-refractivity contribution in [1.82, 2.24) is 9.97 Å². The molecule has 2 aromatic rings. The summed E-state index contributed by atoms with van der Waals surface area (Å²) >= 11 is 0. The molecule has 1 fully saturated rings. The largest absolute Gasteiger partial charge is 0.397 e. The Kier molecular flexibility index (Phi) is 1.78. The number of aromatic nitrogens is 2. The van der Waals surface area contributed by atoms with Gasteiger partial charge in [-0.2, -0.15) is 0 Å². The van der Waals surface area contributed by atoms with Crippen LogP contribution in [0.3, 0.4) is 0 Å². The van der Waals surface area contributed by atoms with Gasteiger partial charge in [-0.1, -0.05) is 6.07 Å². The van der Waals surface area contributed by atoms with Gasteiger partial charge in [0.1, 0.15) is 0 Å². The summed E-state index contributed by atoms with van der Waals surface area (Å²) in [5, 5.41) is 0. The Morgan fingerprint density at radius 3 is 2.93 bits per heavy atom. The molecule has 15 heavy (non-hydrogen) atoms. The Morgan fingerprint density at radius 2 is 2.27 bits per heavy atom. The van der Waals surface area contributed by atoms with Crippen molar-refractivity contribution in [2.45, 2.75) is 18.8 Å². The van der Waals surface area contributed by atoms with Crippen molar-refractivity contribution in [1.29, 1.82) is 0 Å². The van der Waals surface area contributed by atoms with Crippen LogP contribution in [0.1, 0.15) is 24.5 Å². The second-order valence-electron chi connectivity index (χ2n) is 4.05. The van der Waals surface area contributed by atoms with E-state index in [1.807, 2.05) is 18.5 Å². The van der Waals surface area contributed by atoms with E-state index >= 15 is 0 Å². The molecule has 1 aliphatic carbocycles. The first-order valence-corrected chi connectivity index (χ1v) is 5.23. The maximum absolute atomic E-state index is 5.98. The Hall–Kier alpha value is -1.77. The Balaban J connectivity index is 2.13. The van der Waals surface area contributed by atoms with Gasteiger partial charge in [-0.3, -0.25) is 4.98 Å². The van der Waals surface area contributed by atoms with Gasteiger partial charge in [0.15, 0.2) is 0 Å². The van der Waals surface area contributed by atoms with Gasteiger partial charge in [0.25, 0.3) is 0 Å². The molecule has 0 unspecified atom stereocenters. The molecule has 3 rings (SSSR count). The molecule has 76 valence electrons. The summed E-state index contributed by atoms with van der Waals surface area (Å²) in [6, 6.07) is 4.00. The van der Waals surface area contributed by atoms with Crippen LogP contribution in [0.2, 0.25) is 0 Å². The summed E-state index contributed by atoms with van der Waals surface area (Å²) in [5.41, 5.74) is 10.3. The van der Waals surface area contributed by atoms with Gasteiger partial charge in [-0.05, 0) is 24.8 Å². The van der Waals surface area contributed by atoms with Crippen molar-refractivity contribution in [3.63, 3.8) is 0 Å². The highest BCUT2D eigenvalue weighted by Gasteiger charge is 2.28. The fourth-order valence-corrected chi connectivity index (χ4v) is 1.98. The standard InChI is InChI=1S/C12H13N3/c13-10-7-15-12(8-3-4-8)11(10)9-2-1-5-14-6-9/h1-2,5-8,15H,3-4,13H2. The Morgan fingerprint density at radius 1 is 1.40 bits per heavy atom. The van der Waals surface area contributed by atoms with Crippen molar-refractivity contribution in [2.75, 3.05) is 5.73 Å². The molecule has 1 aliphatic rings. The lowest BCUT2D eigenvalue weighted by molar-refractivity contribution is 1.05. The topological polar surface area (TPSA) is 54.7 Å². The summed E-state index contributed by atoms with van der Waals surface area (Å²) < 4.78 is 0. The summed E-state index contributed by atoms with van der Waals surface area (Å²) in [4.78, 5) is 7.41. The molecule has 2 aromatic heterocycles. The third-order valence-corrected chi connectivity index (χ3v) is 2.88. The van der Waals surface area contributed by atoms with Crippen LogP contribution in [0.25, 0.3) is 11.1 Å². The molecule has 0 saturated heterocycles. The average Bonchev–Trinajstić information content (AvgIpc) is 3.04. The van der Waals surface area contributed by atoms with Crippen molar-refractivity contribution in [2.24, 2.45) is 0 Å². The lowest BCUT2D eigenvalue weighted by Gasteiger charge is -2.03. The first kappa shape index (κ1) is 8.53. The quantitative estimate of drug-likeness (QED) is 0.780. The molecular weight excluding hydrogens is 186 g/mol. The van der Waals surface area contributed by atoms with Crippen LogP contribution < -0.4 is 5.73 Å². The molecule has 0 atom stereocenters. The normalized spacial score (nSPS) is 15.5. The lowest BCUT2D eigenvalue weighted by Crippen LogP contribution is -1.89. The van der Waals surface area contributed by atoms with Crippen molar-refractivity contribution in [3.8, 4) is 11.1 Å². The van der Waals surface area contributed by atoms with Crippen LogP contribution in [0.5, 0.6) is 0 Å². The molecule has 0 spiro atoms. The summed E-state index contributed by atoms with van der Waals surface area (Å²) in [6.07, 6.45) is 8.07. The first-order chi connectivity index (χ1) is 7.36. The molecule has 3 heteroatoms. The van der Waals surface area contributed by atoms with Gasteiger partial charge >= 0.3 is 0 Å². The number of pyridine rings is 1. The minimum Gasteiger partial charge on any atom is -0.397 e. The van der Waals surface area contributed by atoms with E-state index in [2.05, 4.69) is 16.0 Å². The second-order valence-corrected chi connectivity index (χ2v) is 4.05. The minimum absolute atomic E-state index is 0.678. The molecular formula is C12H13N3. The van der Waals surface area contributed by atoms with E-state index in [0.29, 0.717) is 5.92 Å². The number of aromatic amines is 1. The van der Waals surface area contributed by atoms with Crippen LogP contribution in [0.15, 0.2) is 30.7 Å². The summed E-state index contributed by atoms with van der Waals surface area (Å²) in [7, 11) is 0. The number of nitrogens with one attached hydrogen (secondary N) is 1. The van der Waals surface area contributed by atoms with Crippen LogP contribution in [0.4, 0.5) is 5.69 Å². The van der Waals surface area contributed by atoms with E-state index in [4.69, 9.17) is 5.73 Å². The van der Waals surface area contributed by atoms with Crippen LogP contribution in [-0.2, 0) is 0 Å². The van der Waals surface area contributed by atoms with E-state index in [9.17, 15) is 0 Å². The molecule has 0 aromatic carbocycles. The van der Waals surface area contributed by atoms with Crippen LogP contribution in [-0.4, -0.2) is 9.97 Å². The third kappa shape index (κ3) is 1.40. The first-order valence-electron chi connectivity index (χ1n) is 5.23. The highest BCUT2D eigenvalue weighted by atomic mass is 14.8. The third-order valence-electron chi connectivity index (χ3n) is 2.88. The maximum Gasteiger partial charge on any atom is 0.0575 e. The molecule has 1 saturated carbocycles. The van der Waals surface area contributed by atoms with E-state index in [0.717, 1.165) is 16.8 Å². The number of nitrogens with zero attached hydrogens (tertiary/aromatic N) is 1. The predicted octanol–water partition coefficient (Wildman–Crippen LogP) is 2.54. The van der Waals surface area contributed by atoms with Gasteiger partial charge in [-0.25, -0.2) is 0 Å². The monoisotopic (exact) mass is 199 g/mol. The zero-order valence-electron chi connectivity index (χ0n) is 8.40. The number of hydrogen-bond acceptors (Lipinski definition) is 2. The fourth-order valence-electron chi connectivity index (χ4n) is 1.98. The van der Waals surface area contributed by atoms with Crippen LogP contribution >= 0.6 is 0 Å². The minimum atomic E-state index is 0.678. The van der Waals surface area contributed by atoms with Gasteiger partial charge in [0.05, 0.1) is 5.69 Å². The van der Waals surface area contributed by atoms with E-state index in [1.165, 1.54) is 18.5 Å². The number of nitrogens with two attached hydrogens (primary N) is 1. The summed E-state index contributed by atoms with van der Waals surface area (Å²) in [5.74, 6) is 0.678. The molecule has 0 amide bonds. The van der Waals surface area contributed by atoms with E-state index < -0.39 is 0 Å². The number of nitrogen functional groups attached to an aromatic ring is 1. The zero-order chi connectivity index (χ0) is 10.3. The van der Waals surface area contributed by atoms with Gasteiger partial charge in [-0.15, -0.1) is 0 Å². The SMILES string of the molecule is Nc1c[nH]c(C2CC2)c1-c1cccnc1.